The van der Waals surface area contributed by atoms with Crippen molar-refractivity contribution in [2.24, 2.45) is 12.1 Å². The van der Waals surface area contributed by atoms with Crippen LogP contribution in [-0.4, -0.2) is 25.3 Å². The standard InChI is InChI=1S/C20H16Cl2N6O2/c1-27-17-16(18(29)25-20(27)30)28(11-12-6-8-14(21)9-7-12)19(24-17)26-23-10-13-4-2-3-5-15(13)22/h2-10H,11H2,1H3,(H,24,26)(H,25,29,30)/b23-10-. The largest absolute Gasteiger partial charge is 0.329 e. The number of aromatic amines is 1. The molecule has 0 aliphatic rings. The van der Waals surface area contributed by atoms with Crippen LogP contribution in [0.4, 0.5) is 5.95 Å². The van der Waals surface area contributed by atoms with Crippen molar-refractivity contribution in [3.8, 4) is 0 Å². The van der Waals surface area contributed by atoms with Gasteiger partial charge in [0.2, 0.25) is 5.95 Å². The number of nitrogens with zero attached hydrogens (tertiary/aromatic N) is 4. The SMILES string of the molecule is Cn1c(=O)[nH]c(=O)c2c1nc(N/N=C\c1ccccc1Cl)n2Cc1ccc(Cl)cc1. The summed E-state index contributed by atoms with van der Waals surface area (Å²) in [5, 5.41) is 5.36. The molecule has 0 unspecified atom stereocenters. The number of hydrogen-bond acceptors (Lipinski definition) is 5. The molecular formula is C20H16Cl2N6O2. The highest BCUT2D eigenvalue weighted by Crippen LogP contribution is 2.19. The van der Waals surface area contributed by atoms with Crippen molar-refractivity contribution in [3.05, 3.63) is 90.5 Å². The van der Waals surface area contributed by atoms with E-state index in [-0.39, 0.29) is 11.2 Å². The Kier molecular flexibility index (Phi) is 5.43. The zero-order valence-corrected chi connectivity index (χ0v) is 17.3. The number of anilines is 1. The van der Waals surface area contributed by atoms with Crippen molar-refractivity contribution in [3.63, 3.8) is 0 Å². The van der Waals surface area contributed by atoms with Gasteiger partial charge in [-0.25, -0.2) is 10.2 Å². The van der Waals surface area contributed by atoms with E-state index >= 15 is 0 Å². The third-order valence-corrected chi connectivity index (χ3v) is 5.13. The molecular weight excluding hydrogens is 427 g/mol. The van der Waals surface area contributed by atoms with E-state index < -0.39 is 11.2 Å². The van der Waals surface area contributed by atoms with E-state index in [0.29, 0.717) is 22.5 Å². The van der Waals surface area contributed by atoms with Crippen LogP contribution in [0.1, 0.15) is 11.1 Å². The molecule has 0 radical (unpaired) electrons. The maximum Gasteiger partial charge on any atom is 0.329 e. The normalized spacial score (nSPS) is 11.4. The Morgan fingerprint density at radius 3 is 2.60 bits per heavy atom. The summed E-state index contributed by atoms with van der Waals surface area (Å²) in [6.45, 7) is 0.318. The molecule has 152 valence electrons. The number of hydrogen-bond donors (Lipinski definition) is 2. The molecule has 2 N–H and O–H groups in total. The van der Waals surface area contributed by atoms with Gasteiger partial charge in [0.05, 0.1) is 12.8 Å². The number of rotatable bonds is 5. The Hall–Kier alpha value is -3.36. The second kappa shape index (κ2) is 8.17. The first kappa shape index (κ1) is 19.9. The van der Waals surface area contributed by atoms with E-state index in [1.807, 2.05) is 30.3 Å². The van der Waals surface area contributed by atoms with Crippen LogP contribution in [0.25, 0.3) is 11.2 Å². The van der Waals surface area contributed by atoms with Gasteiger partial charge in [-0.2, -0.15) is 10.1 Å². The summed E-state index contributed by atoms with van der Waals surface area (Å²) < 4.78 is 2.93. The molecule has 0 amide bonds. The number of halogens is 2. The van der Waals surface area contributed by atoms with Gasteiger partial charge < -0.3 is 0 Å². The van der Waals surface area contributed by atoms with Crippen molar-refractivity contribution >= 4 is 46.5 Å². The molecule has 0 bridgehead atoms. The minimum Gasteiger partial charge on any atom is -0.298 e. The first-order chi connectivity index (χ1) is 14.4. The molecule has 2 aromatic heterocycles. The summed E-state index contributed by atoms with van der Waals surface area (Å²) in [6.07, 6.45) is 1.55. The highest BCUT2D eigenvalue weighted by Gasteiger charge is 2.17. The number of benzene rings is 2. The van der Waals surface area contributed by atoms with Gasteiger partial charge >= 0.3 is 5.69 Å². The smallest absolute Gasteiger partial charge is 0.298 e. The lowest BCUT2D eigenvalue weighted by atomic mass is 10.2. The molecule has 4 rings (SSSR count). The fourth-order valence-corrected chi connectivity index (χ4v) is 3.30. The van der Waals surface area contributed by atoms with Gasteiger partial charge in [0, 0.05) is 22.7 Å². The minimum absolute atomic E-state index is 0.244. The number of nitrogens with one attached hydrogen (secondary N) is 2. The molecule has 0 aliphatic heterocycles. The number of fused-ring (bicyclic) bond motifs is 1. The van der Waals surface area contributed by atoms with Crippen LogP contribution < -0.4 is 16.7 Å². The highest BCUT2D eigenvalue weighted by molar-refractivity contribution is 6.33. The monoisotopic (exact) mass is 442 g/mol. The summed E-state index contributed by atoms with van der Waals surface area (Å²) in [5.74, 6) is 0.301. The van der Waals surface area contributed by atoms with Gasteiger partial charge in [-0.1, -0.05) is 53.5 Å². The van der Waals surface area contributed by atoms with Crippen molar-refractivity contribution in [1.82, 2.24) is 19.1 Å². The molecule has 0 saturated carbocycles. The van der Waals surface area contributed by atoms with Crippen molar-refractivity contribution in [2.75, 3.05) is 5.43 Å². The Labute approximate surface area is 180 Å². The van der Waals surface area contributed by atoms with E-state index in [1.54, 1.807) is 29.0 Å². The zero-order valence-electron chi connectivity index (χ0n) is 15.8. The number of imidazole rings is 1. The van der Waals surface area contributed by atoms with Crippen LogP contribution >= 0.6 is 23.2 Å². The average molecular weight is 443 g/mol. The van der Waals surface area contributed by atoms with Gasteiger partial charge in [0.25, 0.3) is 5.56 Å². The first-order valence-corrected chi connectivity index (χ1v) is 9.67. The van der Waals surface area contributed by atoms with Gasteiger partial charge in [0.15, 0.2) is 11.2 Å². The minimum atomic E-state index is -0.547. The van der Waals surface area contributed by atoms with Crippen LogP contribution in [-0.2, 0) is 13.6 Å². The summed E-state index contributed by atoms with van der Waals surface area (Å²) in [5.41, 5.74) is 3.89. The lowest BCUT2D eigenvalue weighted by molar-refractivity contribution is 0.808. The second-order valence-electron chi connectivity index (χ2n) is 6.53. The molecule has 0 atom stereocenters. The summed E-state index contributed by atoms with van der Waals surface area (Å²) in [7, 11) is 1.54. The zero-order chi connectivity index (χ0) is 21.3. The van der Waals surface area contributed by atoms with Crippen LogP contribution in [0.2, 0.25) is 10.0 Å². The molecule has 8 nitrogen and oxygen atoms in total. The third-order valence-electron chi connectivity index (χ3n) is 4.53. The quantitative estimate of drug-likeness (QED) is 0.366. The Morgan fingerprint density at radius 1 is 1.13 bits per heavy atom. The van der Waals surface area contributed by atoms with Gasteiger partial charge in [0.1, 0.15) is 0 Å². The fraction of sp³-hybridized carbons (Fsp3) is 0.100. The van der Waals surface area contributed by atoms with Crippen LogP contribution in [0.15, 0.2) is 63.2 Å². The molecule has 0 saturated heterocycles. The van der Waals surface area contributed by atoms with Crippen LogP contribution in [0.5, 0.6) is 0 Å². The van der Waals surface area contributed by atoms with Gasteiger partial charge in [-0.15, -0.1) is 0 Å². The van der Waals surface area contributed by atoms with E-state index in [0.717, 1.165) is 11.1 Å². The summed E-state index contributed by atoms with van der Waals surface area (Å²) in [4.78, 5) is 31.3. The number of aromatic nitrogens is 4. The van der Waals surface area contributed by atoms with Gasteiger partial charge in [-0.3, -0.25) is 18.9 Å². The van der Waals surface area contributed by atoms with Crippen molar-refractivity contribution in [2.45, 2.75) is 6.54 Å². The highest BCUT2D eigenvalue weighted by atomic mass is 35.5. The molecule has 4 aromatic rings. The van der Waals surface area contributed by atoms with Gasteiger partial charge in [-0.05, 0) is 23.8 Å². The average Bonchev–Trinajstić information content (AvgIpc) is 3.08. The van der Waals surface area contributed by atoms with Crippen molar-refractivity contribution in [1.29, 1.82) is 0 Å². The van der Waals surface area contributed by atoms with E-state index in [9.17, 15) is 9.59 Å². The van der Waals surface area contributed by atoms with Crippen molar-refractivity contribution < 1.29 is 0 Å². The molecule has 0 spiro atoms. The topological polar surface area (TPSA) is 97.1 Å². The molecule has 0 fully saturated rings. The summed E-state index contributed by atoms with van der Waals surface area (Å²) >= 11 is 12.1. The number of hydrazone groups is 1. The molecule has 0 aliphatic carbocycles. The number of H-pyrrole nitrogens is 1. The molecule has 2 heterocycles. The Bertz CT molecular complexity index is 1370. The fourth-order valence-electron chi connectivity index (χ4n) is 2.99. The van der Waals surface area contributed by atoms with E-state index in [4.69, 9.17) is 23.2 Å². The second-order valence-corrected chi connectivity index (χ2v) is 7.37. The maximum atomic E-state index is 12.5. The predicted octanol–water partition coefficient (Wildman–Crippen LogP) is 3.22. The van der Waals surface area contributed by atoms with Crippen LogP contribution in [0, 0.1) is 0 Å². The molecule has 30 heavy (non-hydrogen) atoms. The molecule has 10 heteroatoms. The third kappa shape index (κ3) is 3.87. The lowest BCUT2D eigenvalue weighted by Gasteiger charge is -2.08. The lowest BCUT2D eigenvalue weighted by Crippen LogP contribution is -2.29. The molecule has 2 aromatic carbocycles. The Balaban J connectivity index is 1.79. The predicted molar refractivity (Wildman–Crippen MR) is 119 cm³/mol. The van der Waals surface area contributed by atoms with E-state index in [1.165, 1.54) is 11.6 Å². The maximum absolute atomic E-state index is 12.5. The van der Waals surface area contributed by atoms with E-state index in [2.05, 4.69) is 20.5 Å². The van der Waals surface area contributed by atoms with Crippen LogP contribution in [0.3, 0.4) is 0 Å². The number of aryl methyl sites for hydroxylation is 1. The Morgan fingerprint density at radius 2 is 1.87 bits per heavy atom. The first-order valence-electron chi connectivity index (χ1n) is 8.91. The summed E-state index contributed by atoms with van der Waals surface area (Å²) in [6, 6.07) is 14.5.